The van der Waals surface area contributed by atoms with Crippen molar-refractivity contribution in [2.45, 2.75) is 143 Å². The molecule has 0 saturated carbocycles. The van der Waals surface area contributed by atoms with Crippen LogP contribution in [0.4, 0.5) is 0 Å². The molecule has 0 aromatic rings. The minimum absolute atomic E-state index is 0.0694. The maximum Gasteiger partial charge on any atom is 0.152 e. The number of Topliss-reactive ketones (excluding diaryl/α,β-unsaturated/α-hetero) is 1. The summed E-state index contributed by atoms with van der Waals surface area (Å²) in [4.78, 5) is 10.9. The lowest BCUT2D eigenvalue weighted by atomic mass is 9.78. The molecule has 0 aliphatic rings. The zero-order valence-corrected chi connectivity index (χ0v) is 30.8. The molecule has 5 nitrogen and oxygen atoms in total. The molecule has 0 saturated heterocycles. The van der Waals surface area contributed by atoms with Gasteiger partial charge in [0.25, 0.3) is 0 Å². The molecular weight excluding hydrogens is 520 g/mol. The molecule has 0 radical (unpaired) electrons. The number of aliphatic hydroxyl groups excluding tert-OH is 2. The Balaban J connectivity index is -0.000000128. The van der Waals surface area contributed by atoms with Crippen molar-refractivity contribution in [3.63, 3.8) is 0 Å². The molecule has 40 heavy (non-hydrogen) atoms. The highest BCUT2D eigenvalue weighted by Crippen LogP contribution is 2.29. The Morgan fingerprint density at radius 2 is 1.18 bits per heavy atom. The number of carbonyl (C=O) groups excluding carboxylic acids is 1. The predicted molar refractivity (Wildman–Crippen MR) is 178 cm³/mol. The van der Waals surface area contributed by atoms with Crippen molar-refractivity contribution >= 4 is 15.6 Å². The van der Waals surface area contributed by atoms with Crippen LogP contribution in [0.2, 0.25) is 0 Å². The lowest BCUT2D eigenvalue weighted by Crippen LogP contribution is -2.27. The van der Waals surface area contributed by atoms with Crippen LogP contribution in [0.5, 0.6) is 0 Å². The van der Waals surface area contributed by atoms with Crippen molar-refractivity contribution in [2.24, 2.45) is 39.9 Å². The van der Waals surface area contributed by atoms with Crippen molar-refractivity contribution in [1.82, 2.24) is 0 Å². The second-order valence-electron chi connectivity index (χ2n) is 14.0. The van der Waals surface area contributed by atoms with Gasteiger partial charge in [0.2, 0.25) is 0 Å². The van der Waals surface area contributed by atoms with Gasteiger partial charge in [0.1, 0.15) is 5.78 Å². The lowest BCUT2D eigenvalue weighted by Gasteiger charge is -2.27. The molecule has 0 atom stereocenters. The maximum absolute atomic E-state index is 10.9. The minimum Gasteiger partial charge on any atom is -0.396 e. The van der Waals surface area contributed by atoms with Gasteiger partial charge in [0.05, 0.1) is 5.25 Å². The monoisotopic (exact) mass is 593 g/mol. The van der Waals surface area contributed by atoms with Crippen LogP contribution in [-0.4, -0.2) is 48.6 Å². The van der Waals surface area contributed by atoms with Gasteiger partial charge >= 0.3 is 0 Å². The Morgan fingerprint density at radius 3 is 1.20 bits per heavy atom. The van der Waals surface area contributed by atoms with Crippen molar-refractivity contribution in [2.75, 3.05) is 19.0 Å². The number of hydrogen-bond acceptors (Lipinski definition) is 5. The number of aliphatic hydroxyl groups is 2. The van der Waals surface area contributed by atoms with E-state index in [1.54, 1.807) is 27.7 Å². The third kappa shape index (κ3) is 27.3. The van der Waals surface area contributed by atoms with Gasteiger partial charge in [-0.15, -0.1) is 12.3 Å². The summed E-state index contributed by atoms with van der Waals surface area (Å²) >= 11 is 0. The van der Waals surface area contributed by atoms with Crippen LogP contribution in [0.15, 0.2) is 0 Å². The molecule has 0 aromatic heterocycles. The molecule has 0 rings (SSSR count). The third-order valence-corrected chi connectivity index (χ3v) is 10.6. The number of sulfone groups is 1. The quantitative estimate of drug-likeness (QED) is 0.248. The second-order valence-corrected chi connectivity index (χ2v) is 16.8. The predicted octanol–water partition coefficient (Wildman–Crippen LogP) is 8.46. The highest BCUT2D eigenvalue weighted by molar-refractivity contribution is 7.91. The number of ketones is 1. The van der Waals surface area contributed by atoms with E-state index in [-0.39, 0.29) is 27.6 Å². The van der Waals surface area contributed by atoms with Crippen LogP contribution in [0.1, 0.15) is 137 Å². The highest BCUT2D eigenvalue weighted by atomic mass is 32.2. The molecule has 0 spiro atoms. The largest absolute Gasteiger partial charge is 0.396 e. The summed E-state index contributed by atoms with van der Waals surface area (Å²) < 4.78 is 21.4. The van der Waals surface area contributed by atoms with Gasteiger partial charge in [0.15, 0.2) is 9.84 Å². The van der Waals surface area contributed by atoms with E-state index in [0.29, 0.717) is 42.3 Å². The summed E-state index contributed by atoms with van der Waals surface area (Å²) in [6, 6.07) is 0. The number of hydrogen-bond donors (Lipinski definition) is 2. The molecule has 0 bridgehead atoms. The Morgan fingerprint density at radius 1 is 0.775 bits per heavy atom. The number of rotatable bonds is 10. The van der Waals surface area contributed by atoms with Crippen LogP contribution in [0, 0.1) is 52.3 Å². The SMILES string of the molecule is C#CC(C)(C)C(C)C.CC(=O)C(C)(C)C(C)C.CC(C)C(C)(C)CCO.CC(C)CCO.CCS(=O)(=O)C(C)C. The van der Waals surface area contributed by atoms with Crippen molar-refractivity contribution in [3.8, 4) is 12.3 Å². The Bertz CT molecular complexity index is 750. The van der Waals surface area contributed by atoms with Crippen molar-refractivity contribution in [3.05, 3.63) is 0 Å². The van der Waals surface area contributed by atoms with E-state index >= 15 is 0 Å². The fourth-order valence-corrected chi connectivity index (χ4v) is 2.41. The van der Waals surface area contributed by atoms with E-state index in [0.717, 1.165) is 12.8 Å². The molecule has 0 aromatic carbocycles. The van der Waals surface area contributed by atoms with Crippen LogP contribution in [-0.2, 0) is 14.6 Å². The molecule has 0 aliphatic heterocycles. The van der Waals surface area contributed by atoms with E-state index in [1.807, 2.05) is 13.8 Å². The van der Waals surface area contributed by atoms with E-state index in [4.69, 9.17) is 16.6 Å². The molecule has 2 N–H and O–H groups in total. The van der Waals surface area contributed by atoms with Crippen LogP contribution in [0.3, 0.4) is 0 Å². The highest BCUT2D eigenvalue weighted by Gasteiger charge is 2.27. The summed E-state index contributed by atoms with van der Waals surface area (Å²) in [5.41, 5.74) is 0.231. The zero-order chi connectivity index (χ0) is 33.7. The summed E-state index contributed by atoms with van der Waals surface area (Å²) in [6.45, 7) is 36.8. The minimum atomic E-state index is -2.74. The fraction of sp³-hybridized carbons (Fsp3) is 0.912. The van der Waals surface area contributed by atoms with Crippen LogP contribution < -0.4 is 0 Å². The number of carbonyl (C=O) groups is 1. The molecule has 0 aliphatic carbocycles. The van der Waals surface area contributed by atoms with Crippen molar-refractivity contribution < 1.29 is 23.4 Å². The molecule has 0 fully saturated rings. The smallest absolute Gasteiger partial charge is 0.152 e. The van der Waals surface area contributed by atoms with Crippen LogP contribution in [0.25, 0.3) is 0 Å². The third-order valence-electron chi connectivity index (χ3n) is 8.31. The average molecular weight is 593 g/mol. The van der Waals surface area contributed by atoms with E-state index in [2.05, 4.69) is 89.0 Å². The van der Waals surface area contributed by atoms with E-state index in [1.165, 1.54) is 0 Å². The Labute approximate surface area is 252 Å². The lowest BCUT2D eigenvalue weighted by molar-refractivity contribution is -0.126. The molecule has 244 valence electrons. The van der Waals surface area contributed by atoms with Gasteiger partial charge in [-0.2, -0.15) is 0 Å². The van der Waals surface area contributed by atoms with E-state index < -0.39 is 9.84 Å². The molecule has 0 heterocycles. The van der Waals surface area contributed by atoms with Gasteiger partial charge in [-0.05, 0) is 76.5 Å². The zero-order valence-electron chi connectivity index (χ0n) is 30.0. The topological polar surface area (TPSA) is 91.7 Å². The first kappa shape index (κ1) is 48.8. The van der Waals surface area contributed by atoms with Gasteiger partial charge in [-0.1, -0.05) is 90.0 Å². The van der Waals surface area contributed by atoms with Gasteiger partial charge < -0.3 is 10.2 Å². The van der Waals surface area contributed by atoms with Crippen molar-refractivity contribution in [1.29, 1.82) is 0 Å². The normalized spacial score (nSPS) is 11.9. The molecule has 0 amide bonds. The van der Waals surface area contributed by atoms with Gasteiger partial charge in [0, 0.05) is 29.8 Å². The molecular formula is C34H72O5S. The summed E-state index contributed by atoms with van der Waals surface area (Å²) in [5.74, 6) is 5.59. The van der Waals surface area contributed by atoms with Gasteiger partial charge in [-0.25, -0.2) is 8.42 Å². The first-order chi connectivity index (χ1) is 17.7. The van der Waals surface area contributed by atoms with Crippen LogP contribution >= 0.6 is 0 Å². The summed E-state index contributed by atoms with van der Waals surface area (Å²) in [5, 5.41) is 16.7. The van der Waals surface area contributed by atoms with E-state index in [9.17, 15) is 13.2 Å². The maximum atomic E-state index is 10.9. The summed E-state index contributed by atoms with van der Waals surface area (Å²) in [6.07, 6.45) is 7.10. The fourth-order valence-electron chi connectivity index (χ4n) is 1.74. The average Bonchev–Trinajstić information content (AvgIpc) is 2.80. The molecule has 0 unspecified atom stereocenters. The molecule has 6 heteroatoms. The van der Waals surface area contributed by atoms with Gasteiger partial charge in [-0.3, -0.25) is 4.79 Å². The summed E-state index contributed by atoms with van der Waals surface area (Å²) in [7, 11) is -2.74. The number of terminal acetylenes is 1. The first-order valence-electron chi connectivity index (χ1n) is 15.1. The Hall–Kier alpha value is -0.900. The second kappa shape index (κ2) is 23.6. The Kier molecular flexibility index (Phi) is 28.8. The first-order valence-corrected chi connectivity index (χ1v) is 16.8. The standard InChI is InChI=1S/C8H18O.C8H16O.C8H14.C5H12O2S.C5H12O/c1-7(2)8(3,4)5-6-9;1-6(2)8(4,5)7(3)9;1-6-8(4,5)7(2)3;1-4-8(6,7)5(2)3;1-5(2)3-4-6/h7,9H,5-6H2,1-4H3;6H,1-5H3;1,7H,2-5H3;5H,4H2,1-3H3;5-6H,3-4H2,1-2H3.